The number of halogens is 1. The molecule has 0 aromatic carbocycles. The minimum atomic E-state index is 0. The SMILES string of the molecule is CC1NCCCC1=O.Cl. The van der Waals surface area contributed by atoms with E-state index in [2.05, 4.69) is 5.32 Å². The lowest BCUT2D eigenvalue weighted by Crippen LogP contribution is -2.39. The van der Waals surface area contributed by atoms with Gasteiger partial charge >= 0.3 is 0 Å². The van der Waals surface area contributed by atoms with Crippen LogP contribution in [0.15, 0.2) is 0 Å². The lowest BCUT2D eigenvalue weighted by atomic mass is 10.1. The highest BCUT2D eigenvalue weighted by Crippen LogP contribution is 2.00. The van der Waals surface area contributed by atoms with Crippen molar-refractivity contribution < 1.29 is 4.79 Å². The zero-order valence-corrected chi connectivity index (χ0v) is 6.33. The van der Waals surface area contributed by atoms with Crippen LogP contribution in [0.3, 0.4) is 0 Å². The molecular weight excluding hydrogens is 138 g/mol. The van der Waals surface area contributed by atoms with Gasteiger partial charge in [-0.25, -0.2) is 0 Å². The molecule has 1 atom stereocenters. The second-order valence-electron chi connectivity index (χ2n) is 2.25. The summed E-state index contributed by atoms with van der Waals surface area (Å²) in [7, 11) is 0. The molecule has 0 aliphatic carbocycles. The minimum absolute atomic E-state index is 0. The molecule has 0 saturated carbocycles. The van der Waals surface area contributed by atoms with Crippen molar-refractivity contribution in [1.82, 2.24) is 5.32 Å². The molecule has 1 heterocycles. The van der Waals surface area contributed by atoms with Gasteiger partial charge in [0.2, 0.25) is 0 Å². The maximum absolute atomic E-state index is 10.7. The minimum Gasteiger partial charge on any atom is -0.308 e. The third-order valence-electron chi connectivity index (χ3n) is 1.53. The Labute approximate surface area is 61.4 Å². The monoisotopic (exact) mass is 149 g/mol. The number of piperidine rings is 1. The summed E-state index contributed by atoms with van der Waals surface area (Å²) in [4.78, 5) is 10.7. The van der Waals surface area contributed by atoms with Gasteiger partial charge in [0, 0.05) is 6.42 Å². The van der Waals surface area contributed by atoms with E-state index in [1.807, 2.05) is 6.92 Å². The summed E-state index contributed by atoms with van der Waals surface area (Å²) in [6.45, 7) is 2.92. The molecule has 0 spiro atoms. The third-order valence-corrected chi connectivity index (χ3v) is 1.53. The van der Waals surface area contributed by atoms with Crippen LogP contribution >= 0.6 is 12.4 Å². The van der Waals surface area contributed by atoms with Gasteiger partial charge in [-0.15, -0.1) is 12.4 Å². The van der Waals surface area contributed by atoms with Crippen molar-refractivity contribution in [3.63, 3.8) is 0 Å². The Kier molecular flexibility index (Phi) is 3.82. The standard InChI is InChI=1S/C6H11NO.ClH/c1-5-6(8)3-2-4-7-5;/h5,7H,2-4H2,1H3;1H. The Morgan fingerprint density at radius 1 is 1.67 bits per heavy atom. The summed E-state index contributed by atoms with van der Waals surface area (Å²) in [5, 5.41) is 3.08. The van der Waals surface area contributed by atoms with E-state index in [-0.39, 0.29) is 18.4 Å². The van der Waals surface area contributed by atoms with E-state index < -0.39 is 0 Å². The Hall–Kier alpha value is -0.0800. The Morgan fingerprint density at radius 2 is 2.33 bits per heavy atom. The molecule has 0 aromatic heterocycles. The van der Waals surface area contributed by atoms with Crippen LogP contribution in [0.2, 0.25) is 0 Å². The van der Waals surface area contributed by atoms with Gasteiger partial charge in [-0.1, -0.05) is 0 Å². The van der Waals surface area contributed by atoms with Gasteiger partial charge < -0.3 is 5.32 Å². The van der Waals surface area contributed by atoms with Gasteiger partial charge in [-0.2, -0.15) is 0 Å². The Bertz CT molecular complexity index is 105. The topological polar surface area (TPSA) is 29.1 Å². The van der Waals surface area contributed by atoms with Gasteiger partial charge in [0.05, 0.1) is 6.04 Å². The van der Waals surface area contributed by atoms with Crippen LogP contribution in [-0.2, 0) is 4.79 Å². The first-order valence-corrected chi connectivity index (χ1v) is 3.07. The normalized spacial score (nSPS) is 27.2. The van der Waals surface area contributed by atoms with E-state index in [9.17, 15) is 4.79 Å². The third kappa shape index (κ3) is 2.33. The predicted octanol–water partition coefficient (Wildman–Crippen LogP) is 0.749. The van der Waals surface area contributed by atoms with Crippen molar-refractivity contribution >= 4 is 18.2 Å². The van der Waals surface area contributed by atoms with E-state index in [0.29, 0.717) is 5.78 Å². The maximum Gasteiger partial charge on any atom is 0.149 e. The van der Waals surface area contributed by atoms with Crippen LogP contribution in [0.25, 0.3) is 0 Å². The summed E-state index contributed by atoms with van der Waals surface area (Å²) in [6.07, 6.45) is 1.79. The molecule has 1 fully saturated rings. The van der Waals surface area contributed by atoms with Crippen LogP contribution in [0.1, 0.15) is 19.8 Å². The highest BCUT2D eigenvalue weighted by molar-refractivity contribution is 5.85. The number of hydrogen-bond donors (Lipinski definition) is 1. The van der Waals surface area contributed by atoms with E-state index in [1.165, 1.54) is 0 Å². The first kappa shape index (κ1) is 8.92. The van der Waals surface area contributed by atoms with Crippen molar-refractivity contribution in [1.29, 1.82) is 0 Å². The lowest BCUT2D eigenvalue weighted by Gasteiger charge is -2.17. The first-order chi connectivity index (χ1) is 3.80. The molecule has 0 bridgehead atoms. The predicted molar refractivity (Wildman–Crippen MR) is 39.0 cm³/mol. The van der Waals surface area contributed by atoms with Crippen molar-refractivity contribution in [2.45, 2.75) is 25.8 Å². The molecule has 1 N–H and O–H groups in total. The van der Waals surface area contributed by atoms with Gasteiger partial charge in [0.1, 0.15) is 5.78 Å². The fourth-order valence-corrected chi connectivity index (χ4v) is 0.912. The number of nitrogens with one attached hydrogen (secondary N) is 1. The summed E-state index contributed by atoms with van der Waals surface area (Å²) in [5.74, 6) is 0.358. The summed E-state index contributed by atoms with van der Waals surface area (Å²) >= 11 is 0. The number of ketones is 1. The van der Waals surface area contributed by atoms with Gasteiger partial charge in [0.15, 0.2) is 0 Å². The highest BCUT2D eigenvalue weighted by Gasteiger charge is 2.15. The summed E-state index contributed by atoms with van der Waals surface area (Å²) in [6, 6.07) is 0.115. The molecule has 9 heavy (non-hydrogen) atoms. The number of Topliss-reactive ketones (excluding diaryl/α,β-unsaturated/α-hetero) is 1. The second kappa shape index (κ2) is 3.85. The van der Waals surface area contributed by atoms with Gasteiger partial charge in [0.25, 0.3) is 0 Å². The Morgan fingerprint density at radius 3 is 2.67 bits per heavy atom. The fourth-order valence-electron chi connectivity index (χ4n) is 0.912. The lowest BCUT2D eigenvalue weighted by molar-refractivity contribution is -0.121. The molecule has 1 unspecified atom stereocenters. The summed E-state index contributed by atoms with van der Waals surface area (Å²) in [5.41, 5.74) is 0. The van der Waals surface area contributed by atoms with Gasteiger partial charge in [-0.05, 0) is 19.9 Å². The molecule has 3 heteroatoms. The second-order valence-corrected chi connectivity index (χ2v) is 2.25. The molecule has 1 aliphatic rings. The summed E-state index contributed by atoms with van der Waals surface area (Å²) < 4.78 is 0. The average molecular weight is 150 g/mol. The number of carbonyl (C=O) groups is 1. The van der Waals surface area contributed by atoms with E-state index in [1.54, 1.807) is 0 Å². The van der Waals surface area contributed by atoms with Crippen molar-refractivity contribution in [2.75, 3.05) is 6.54 Å². The van der Waals surface area contributed by atoms with Crippen LogP contribution in [0, 0.1) is 0 Å². The largest absolute Gasteiger partial charge is 0.308 e. The number of rotatable bonds is 0. The zero-order valence-electron chi connectivity index (χ0n) is 5.52. The molecular formula is C6H12ClNO. The fraction of sp³-hybridized carbons (Fsp3) is 0.833. The molecule has 0 radical (unpaired) electrons. The molecule has 0 aromatic rings. The average Bonchev–Trinajstić information content (AvgIpc) is 1.77. The van der Waals surface area contributed by atoms with Crippen LogP contribution < -0.4 is 5.32 Å². The number of hydrogen-bond acceptors (Lipinski definition) is 2. The van der Waals surface area contributed by atoms with Gasteiger partial charge in [-0.3, -0.25) is 4.79 Å². The zero-order chi connectivity index (χ0) is 5.98. The first-order valence-electron chi connectivity index (χ1n) is 3.07. The molecule has 54 valence electrons. The van der Waals surface area contributed by atoms with Crippen LogP contribution in [0.4, 0.5) is 0 Å². The Balaban J connectivity index is 0.000000640. The van der Waals surface area contributed by atoms with Crippen molar-refractivity contribution in [2.24, 2.45) is 0 Å². The maximum atomic E-state index is 10.7. The smallest absolute Gasteiger partial charge is 0.149 e. The molecule has 1 saturated heterocycles. The van der Waals surface area contributed by atoms with E-state index >= 15 is 0 Å². The highest BCUT2D eigenvalue weighted by atomic mass is 35.5. The van der Waals surface area contributed by atoms with Crippen molar-refractivity contribution in [3.05, 3.63) is 0 Å². The molecule has 0 amide bonds. The van der Waals surface area contributed by atoms with Crippen LogP contribution in [0.5, 0.6) is 0 Å². The molecule has 1 rings (SSSR count). The van der Waals surface area contributed by atoms with Crippen LogP contribution in [-0.4, -0.2) is 18.4 Å². The van der Waals surface area contributed by atoms with E-state index in [0.717, 1.165) is 19.4 Å². The quantitative estimate of drug-likeness (QED) is 0.551. The van der Waals surface area contributed by atoms with Crippen molar-refractivity contribution in [3.8, 4) is 0 Å². The molecule has 2 nitrogen and oxygen atoms in total. The van der Waals surface area contributed by atoms with E-state index in [4.69, 9.17) is 0 Å². The number of carbonyl (C=O) groups excluding carboxylic acids is 1. The molecule has 1 aliphatic heterocycles.